The molecule has 0 spiro atoms. The number of hydrogen-bond donors (Lipinski definition) is 2. The molecule has 0 radical (unpaired) electrons. The first-order chi connectivity index (χ1) is 8.06. The van der Waals surface area contributed by atoms with E-state index in [-0.39, 0.29) is 0 Å². The van der Waals surface area contributed by atoms with Gasteiger partial charge in [0.2, 0.25) is 0 Å². The minimum Gasteiger partial charge on any atom is -0.390 e. The summed E-state index contributed by atoms with van der Waals surface area (Å²) in [5, 5.41) is 19.4. The van der Waals surface area contributed by atoms with E-state index in [2.05, 4.69) is 0 Å². The Morgan fingerprint density at radius 2 is 1.82 bits per heavy atom. The number of aryl methyl sites for hydroxylation is 1. The molecular weight excluding hydrogens is 216 g/mol. The van der Waals surface area contributed by atoms with Crippen molar-refractivity contribution in [3.63, 3.8) is 0 Å². The first-order valence-corrected chi connectivity index (χ1v) is 6.03. The van der Waals surface area contributed by atoms with E-state index in [4.69, 9.17) is 0 Å². The third-order valence-electron chi connectivity index (χ3n) is 2.82. The van der Waals surface area contributed by atoms with Gasteiger partial charge in [0.1, 0.15) is 6.10 Å². The molecule has 0 heterocycles. The molecule has 0 unspecified atom stereocenters. The highest BCUT2D eigenvalue weighted by atomic mass is 16.3. The van der Waals surface area contributed by atoms with Crippen LogP contribution in [-0.2, 0) is 0 Å². The standard InChI is InChI=1S/C14H20O3/c1-3-4-5-12(15)14(17)13(16)11-8-6-10(2)7-9-11/h6-9,12,14-15,17H,3-5H2,1-2H3/t12-,14-/m1/s1. The molecule has 3 heteroatoms. The number of hydrogen-bond acceptors (Lipinski definition) is 3. The second kappa shape index (κ2) is 6.52. The van der Waals surface area contributed by atoms with Crippen molar-refractivity contribution in [1.29, 1.82) is 0 Å². The summed E-state index contributed by atoms with van der Waals surface area (Å²) in [4.78, 5) is 11.9. The number of aliphatic hydroxyl groups is 2. The van der Waals surface area contributed by atoms with Crippen molar-refractivity contribution in [3.8, 4) is 0 Å². The lowest BCUT2D eigenvalue weighted by Crippen LogP contribution is -2.33. The second-order valence-electron chi connectivity index (χ2n) is 4.38. The Morgan fingerprint density at radius 3 is 2.35 bits per heavy atom. The quantitative estimate of drug-likeness (QED) is 0.744. The molecule has 0 aliphatic carbocycles. The zero-order valence-corrected chi connectivity index (χ0v) is 10.4. The van der Waals surface area contributed by atoms with E-state index in [9.17, 15) is 15.0 Å². The summed E-state index contributed by atoms with van der Waals surface area (Å²) < 4.78 is 0. The topological polar surface area (TPSA) is 57.5 Å². The highest BCUT2D eigenvalue weighted by molar-refractivity contribution is 5.99. The lowest BCUT2D eigenvalue weighted by atomic mass is 9.98. The smallest absolute Gasteiger partial charge is 0.193 e. The van der Waals surface area contributed by atoms with Crippen LogP contribution >= 0.6 is 0 Å². The average molecular weight is 236 g/mol. The van der Waals surface area contributed by atoms with Gasteiger partial charge in [-0.2, -0.15) is 0 Å². The van der Waals surface area contributed by atoms with E-state index in [1.54, 1.807) is 12.1 Å². The predicted octanol–water partition coefficient (Wildman–Crippen LogP) is 2.09. The van der Waals surface area contributed by atoms with Gasteiger partial charge in [-0.1, -0.05) is 49.6 Å². The first kappa shape index (κ1) is 13.9. The first-order valence-electron chi connectivity index (χ1n) is 6.03. The Kier molecular flexibility index (Phi) is 5.32. The molecule has 17 heavy (non-hydrogen) atoms. The van der Waals surface area contributed by atoms with Crippen LogP contribution in [0.3, 0.4) is 0 Å². The Labute approximate surface area is 102 Å². The van der Waals surface area contributed by atoms with Gasteiger partial charge in [-0.05, 0) is 13.3 Å². The molecule has 2 atom stereocenters. The fraction of sp³-hybridized carbons (Fsp3) is 0.500. The van der Waals surface area contributed by atoms with Crippen LogP contribution in [0.25, 0.3) is 0 Å². The van der Waals surface area contributed by atoms with Crippen molar-refractivity contribution in [2.45, 2.75) is 45.3 Å². The molecule has 0 amide bonds. The summed E-state index contributed by atoms with van der Waals surface area (Å²) in [6, 6.07) is 6.98. The van der Waals surface area contributed by atoms with Gasteiger partial charge in [0, 0.05) is 5.56 Å². The summed E-state index contributed by atoms with van der Waals surface area (Å²) in [7, 11) is 0. The fourth-order valence-electron chi connectivity index (χ4n) is 1.63. The number of aliphatic hydroxyl groups excluding tert-OH is 2. The Balaban J connectivity index is 2.65. The van der Waals surface area contributed by atoms with Gasteiger partial charge >= 0.3 is 0 Å². The number of carbonyl (C=O) groups is 1. The maximum Gasteiger partial charge on any atom is 0.193 e. The van der Waals surface area contributed by atoms with Crippen molar-refractivity contribution in [1.82, 2.24) is 0 Å². The highest BCUT2D eigenvalue weighted by Gasteiger charge is 2.24. The third-order valence-corrected chi connectivity index (χ3v) is 2.82. The number of benzene rings is 1. The summed E-state index contributed by atoms with van der Waals surface area (Å²) in [6.45, 7) is 3.93. The maximum absolute atomic E-state index is 11.9. The minimum atomic E-state index is -1.32. The number of Topliss-reactive ketones (excluding diaryl/α,β-unsaturated/α-hetero) is 1. The summed E-state index contributed by atoms with van der Waals surface area (Å²) in [5.41, 5.74) is 1.50. The minimum absolute atomic E-state index is 0.409. The molecule has 0 aliphatic rings. The summed E-state index contributed by atoms with van der Waals surface area (Å²) >= 11 is 0. The van der Waals surface area contributed by atoms with Crippen LogP contribution in [0.2, 0.25) is 0 Å². The van der Waals surface area contributed by atoms with Gasteiger partial charge in [-0.25, -0.2) is 0 Å². The number of rotatable bonds is 6. The Bertz CT molecular complexity index is 356. The SMILES string of the molecule is CCCC[C@@H](O)[C@@H](O)C(=O)c1ccc(C)cc1. The summed E-state index contributed by atoms with van der Waals surface area (Å²) in [5.74, 6) is -0.409. The Hall–Kier alpha value is -1.19. The molecular formula is C14H20O3. The van der Waals surface area contributed by atoms with E-state index in [0.717, 1.165) is 18.4 Å². The van der Waals surface area contributed by atoms with E-state index in [1.165, 1.54) is 0 Å². The largest absolute Gasteiger partial charge is 0.390 e. The Morgan fingerprint density at radius 1 is 1.24 bits per heavy atom. The lowest BCUT2D eigenvalue weighted by Gasteiger charge is -2.16. The van der Waals surface area contributed by atoms with Gasteiger partial charge < -0.3 is 10.2 Å². The van der Waals surface area contributed by atoms with Crippen LogP contribution < -0.4 is 0 Å². The number of ketones is 1. The van der Waals surface area contributed by atoms with Crippen LogP contribution in [0.5, 0.6) is 0 Å². The van der Waals surface area contributed by atoms with Gasteiger partial charge in [0.15, 0.2) is 5.78 Å². The third kappa shape index (κ3) is 3.95. The van der Waals surface area contributed by atoms with Crippen molar-refractivity contribution >= 4 is 5.78 Å². The second-order valence-corrected chi connectivity index (χ2v) is 4.38. The average Bonchev–Trinajstić information content (AvgIpc) is 2.35. The normalized spacial score (nSPS) is 14.4. The summed E-state index contributed by atoms with van der Waals surface area (Å²) in [6.07, 6.45) is -0.0926. The van der Waals surface area contributed by atoms with Crippen molar-refractivity contribution < 1.29 is 15.0 Å². The molecule has 0 aromatic heterocycles. The van der Waals surface area contributed by atoms with Crippen LogP contribution in [0.1, 0.15) is 42.1 Å². The molecule has 94 valence electrons. The predicted molar refractivity (Wildman–Crippen MR) is 67.0 cm³/mol. The maximum atomic E-state index is 11.9. The molecule has 1 aromatic carbocycles. The molecule has 0 saturated carbocycles. The molecule has 2 N–H and O–H groups in total. The van der Waals surface area contributed by atoms with Gasteiger partial charge in [0.05, 0.1) is 6.10 Å². The number of unbranched alkanes of at least 4 members (excludes halogenated alkanes) is 1. The molecule has 1 rings (SSSR count). The van der Waals surface area contributed by atoms with Gasteiger partial charge in [-0.15, -0.1) is 0 Å². The van der Waals surface area contributed by atoms with Gasteiger partial charge in [-0.3, -0.25) is 4.79 Å². The molecule has 3 nitrogen and oxygen atoms in total. The zero-order chi connectivity index (χ0) is 12.8. The monoisotopic (exact) mass is 236 g/mol. The highest BCUT2D eigenvalue weighted by Crippen LogP contribution is 2.12. The van der Waals surface area contributed by atoms with Crippen molar-refractivity contribution in [2.24, 2.45) is 0 Å². The zero-order valence-electron chi connectivity index (χ0n) is 10.4. The molecule has 0 aliphatic heterocycles. The van der Waals surface area contributed by atoms with Crippen molar-refractivity contribution in [3.05, 3.63) is 35.4 Å². The van der Waals surface area contributed by atoms with Crippen molar-refractivity contribution in [2.75, 3.05) is 0 Å². The van der Waals surface area contributed by atoms with E-state index in [1.807, 2.05) is 26.0 Å². The fourth-order valence-corrected chi connectivity index (χ4v) is 1.63. The lowest BCUT2D eigenvalue weighted by molar-refractivity contribution is 0.0169. The molecule has 1 aromatic rings. The van der Waals surface area contributed by atoms with Crippen LogP contribution in [0.4, 0.5) is 0 Å². The molecule has 0 bridgehead atoms. The van der Waals surface area contributed by atoms with Crippen LogP contribution in [0, 0.1) is 6.92 Å². The molecule has 0 saturated heterocycles. The van der Waals surface area contributed by atoms with Crippen LogP contribution in [-0.4, -0.2) is 28.2 Å². The van der Waals surface area contributed by atoms with Gasteiger partial charge in [0.25, 0.3) is 0 Å². The van der Waals surface area contributed by atoms with E-state index < -0.39 is 18.0 Å². The number of carbonyl (C=O) groups excluding carboxylic acids is 1. The van der Waals surface area contributed by atoms with E-state index >= 15 is 0 Å². The van der Waals surface area contributed by atoms with E-state index in [0.29, 0.717) is 12.0 Å². The molecule has 0 fully saturated rings. The van der Waals surface area contributed by atoms with Crippen LogP contribution in [0.15, 0.2) is 24.3 Å².